The summed E-state index contributed by atoms with van der Waals surface area (Å²) in [5.74, 6) is -0.682. The Kier molecular flexibility index (Phi) is 4.55. The van der Waals surface area contributed by atoms with Gasteiger partial charge in [0.05, 0.1) is 12.1 Å². The molecule has 5 nitrogen and oxygen atoms in total. The average molecular weight is 363 g/mol. The monoisotopic (exact) mass is 362 g/mol. The van der Waals surface area contributed by atoms with Gasteiger partial charge in [0.1, 0.15) is 11.1 Å². The number of fused-ring (bicyclic) bond motifs is 1. The molecule has 0 aliphatic rings. The van der Waals surface area contributed by atoms with Crippen molar-refractivity contribution in [2.45, 2.75) is 6.92 Å². The van der Waals surface area contributed by atoms with Crippen LogP contribution in [0.2, 0.25) is 10.0 Å². The number of nitrogens with one attached hydrogen (secondary N) is 1. The van der Waals surface area contributed by atoms with Gasteiger partial charge in [-0.1, -0.05) is 23.2 Å². The number of benzene rings is 1. The fourth-order valence-electron chi connectivity index (χ4n) is 2.43. The number of aromatic amines is 1. The van der Waals surface area contributed by atoms with Crippen molar-refractivity contribution >= 4 is 40.2 Å². The van der Waals surface area contributed by atoms with Crippen LogP contribution in [-0.2, 0) is 4.74 Å². The first-order valence-electron chi connectivity index (χ1n) is 7.15. The Morgan fingerprint density at radius 2 is 1.96 bits per heavy atom. The van der Waals surface area contributed by atoms with Crippen LogP contribution in [0.25, 0.3) is 22.2 Å². The lowest BCUT2D eigenvalue weighted by molar-refractivity contribution is 0.0524. The maximum Gasteiger partial charge on any atom is 0.343 e. The lowest BCUT2D eigenvalue weighted by Crippen LogP contribution is -2.19. The Morgan fingerprint density at radius 1 is 1.25 bits per heavy atom. The van der Waals surface area contributed by atoms with E-state index in [9.17, 15) is 9.59 Å². The first kappa shape index (κ1) is 16.5. The van der Waals surface area contributed by atoms with Crippen molar-refractivity contribution in [3.8, 4) is 11.1 Å². The molecule has 0 spiro atoms. The largest absolute Gasteiger partial charge is 0.462 e. The van der Waals surface area contributed by atoms with Crippen molar-refractivity contribution < 1.29 is 9.53 Å². The fourth-order valence-corrected chi connectivity index (χ4v) is 2.95. The first-order chi connectivity index (χ1) is 11.5. The van der Waals surface area contributed by atoms with Gasteiger partial charge in [0.25, 0.3) is 0 Å². The summed E-state index contributed by atoms with van der Waals surface area (Å²) >= 11 is 12.1. The van der Waals surface area contributed by atoms with E-state index in [1.165, 1.54) is 12.4 Å². The van der Waals surface area contributed by atoms with Crippen molar-refractivity contribution in [3.63, 3.8) is 0 Å². The highest BCUT2D eigenvalue weighted by molar-refractivity contribution is 6.35. The zero-order valence-corrected chi connectivity index (χ0v) is 14.1. The molecular formula is C17H12Cl2N2O3. The van der Waals surface area contributed by atoms with E-state index in [2.05, 4.69) is 9.97 Å². The fraction of sp³-hybridized carbons (Fsp3) is 0.118. The molecule has 0 aliphatic heterocycles. The summed E-state index contributed by atoms with van der Waals surface area (Å²) in [5.41, 5.74) is 1.51. The van der Waals surface area contributed by atoms with E-state index >= 15 is 0 Å². The number of hydrogen-bond acceptors (Lipinski definition) is 4. The molecular weight excluding hydrogens is 351 g/mol. The Hall–Kier alpha value is -2.37. The van der Waals surface area contributed by atoms with Crippen molar-refractivity contribution in [2.24, 2.45) is 0 Å². The molecule has 2 aromatic heterocycles. The smallest absolute Gasteiger partial charge is 0.343 e. The molecule has 0 fully saturated rings. The van der Waals surface area contributed by atoms with Crippen LogP contribution in [0.3, 0.4) is 0 Å². The summed E-state index contributed by atoms with van der Waals surface area (Å²) in [5, 5.41) is 0.959. The quantitative estimate of drug-likeness (QED) is 0.712. The summed E-state index contributed by atoms with van der Waals surface area (Å²) in [6.45, 7) is 1.86. The third-order valence-corrected chi connectivity index (χ3v) is 3.88. The van der Waals surface area contributed by atoms with Crippen LogP contribution >= 0.6 is 23.2 Å². The highest BCUT2D eigenvalue weighted by atomic mass is 35.5. The Balaban J connectivity index is 2.24. The van der Waals surface area contributed by atoms with Crippen molar-refractivity contribution in [3.05, 3.63) is 62.5 Å². The van der Waals surface area contributed by atoms with Crippen LogP contribution in [0.5, 0.6) is 0 Å². The van der Waals surface area contributed by atoms with E-state index in [1.807, 2.05) is 0 Å². The highest BCUT2D eigenvalue weighted by Crippen LogP contribution is 2.30. The minimum atomic E-state index is -0.682. The molecule has 0 aliphatic carbocycles. The molecule has 122 valence electrons. The lowest BCUT2D eigenvalue weighted by atomic mass is 10.0. The number of hydrogen-bond donors (Lipinski definition) is 1. The molecule has 3 rings (SSSR count). The third-order valence-electron chi connectivity index (χ3n) is 3.44. The number of H-pyrrole nitrogens is 1. The van der Waals surface area contributed by atoms with Gasteiger partial charge >= 0.3 is 5.97 Å². The number of pyridine rings is 2. The number of carbonyl (C=O) groups excluding carboxylic acids is 1. The summed E-state index contributed by atoms with van der Waals surface area (Å²) < 4.78 is 4.88. The number of aromatic nitrogens is 2. The van der Waals surface area contributed by atoms with E-state index in [0.29, 0.717) is 21.1 Å². The van der Waals surface area contributed by atoms with Gasteiger partial charge in [-0.3, -0.25) is 9.78 Å². The summed E-state index contributed by atoms with van der Waals surface area (Å²) in [4.78, 5) is 31.4. The second kappa shape index (κ2) is 6.63. The van der Waals surface area contributed by atoms with Gasteiger partial charge in [-0.25, -0.2) is 4.79 Å². The number of ether oxygens (including phenoxy) is 1. The van der Waals surface area contributed by atoms with Gasteiger partial charge in [0.15, 0.2) is 0 Å². The molecule has 0 saturated heterocycles. The number of halogens is 2. The highest BCUT2D eigenvalue weighted by Gasteiger charge is 2.17. The molecule has 2 heterocycles. The molecule has 1 aromatic carbocycles. The van der Waals surface area contributed by atoms with Crippen molar-refractivity contribution in [2.75, 3.05) is 6.61 Å². The SMILES string of the molecule is CCOC(=O)c1c[nH]c2c(-c3cc(Cl)cc(Cl)c3)ccnc2c1=O. The topological polar surface area (TPSA) is 72.1 Å². The summed E-state index contributed by atoms with van der Waals surface area (Å²) in [7, 11) is 0. The predicted molar refractivity (Wildman–Crippen MR) is 93.8 cm³/mol. The molecule has 24 heavy (non-hydrogen) atoms. The molecule has 3 aromatic rings. The molecule has 0 radical (unpaired) electrons. The van der Waals surface area contributed by atoms with Crippen molar-refractivity contribution in [1.82, 2.24) is 9.97 Å². The summed E-state index contributed by atoms with van der Waals surface area (Å²) in [6, 6.07) is 6.83. The molecule has 0 bridgehead atoms. The number of nitrogens with zero attached hydrogens (tertiary/aromatic N) is 1. The van der Waals surface area contributed by atoms with Gasteiger partial charge in [0, 0.05) is 28.0 Å². The first-order valence-corrected chi connectivity index (χ1v) is 7.91. The lowest BCUT2D eigenvalue weighted by Gasteiger charge is -2.08. The van der Waals surface area contributed by atoms with Crippen LogP contribution < -0.4 is 5.43 Å². The van der Waals surface area contributed by atoms with E-state index < -0.39 is 11.4 Å². The molecule has 0 saturated carbocycles. The molecule has 0 unspecified atom stereocenters. The van der Waals surface area contributed by atoms with Crippen LogP contribution in [0, 0.1) is 0 Å². The Labute approximate surface area is 147 Å². The number of rotatable bonds is 3. The van der Waals surface area contributed by atoms with E-state index in [0.717, 1.165) is 5.56 Å². The van der Waals surface area contributed by atoms with Crippen LogP contribution in [0.15, 0.2) is 41.5 Å². The molecule has 0 atom stereocenters. The van der Waals surface area contributed by atoms with Gasteiger partial charge in [-0.2, -0.15) is 0 Å². The standard InChI is InChI=1S/C17H12Cl2N2O3/c1-2-24-17(23)13-8-21-14-12(3-4-20-15(14)16(13)22)9-5-10(18)7-11(19)6-9/h3-8H,2H2,1H3,(H,21,22). The minimum Gasteiger partial charge on any atom is -0.462 e. The van der Waals surface area contributed by atoms with Gasteiger partial charge in [-0.15, -0.1) is 0 Å². The minimum absolute atomic E-state index is 0.0851. The van der Waals surface area contributed by atoms with Gasteiger partial charge in [0.2, 0.25) is 5.43 Å². The van der Waals surface area contributed by atoms with E-state index in [-0.39, 0.29) is 17.7 Å². The van der Waals surface area contributed by atoms with Gasteiger partial charge in [-0.05, 0) is 36.8 Å². The van der Waals surface area contributed by atoms with Crippen LogP contribution in [0.4, 0.5) is 0 Å². The second-order valence-electron chi connectivity index (χ2n) is 4.99. The molecule has 7 heteroatoms. The average Bonchev–Trinajstić information content (AvgIpc) is 2.54. The second-order valence-corrected chi connectivity index (χ2v) is 5.87. The van der Waals surface area contributed by atoms with E-state index in [4.69, 9.17) is 27.9 Å². The van der Waals surface area contributed by atoms with E-state index in [1.54, 1.807) is 31.2 Å². The number of carbonyl (C=O) groups is 1. The van der Waals surface area contributed by atoms with Gasteiger partial charge < -0.3 is 9.72 Å². The zero-order valence-electron chi connectivity index (χ0n) is 12.6. The maximum atomic E-state index is 12.5. The Morgan fingerprint density at radius 3 is 2.62 bits per heavy atom. The summed E-state index contributed by atoms with van der Waals surface area (Å²) in [6.07, 6.45) is 2.83. The van der Waals surface area contributed by atoms with Crippen LogP contribution in [-0.4, -0.2) is 22.5 Å². The molecule has 1 N–H and O–H groups in total. The normalized spacial score (nSPS) is 10.8. The van der Waals surface area contributed by atoms with Crippen molar-refractivity contribution in [1.29, 1.82) is 0 Å². The third kappa shape index (κ3) is 3.00. The zero-order chi connectivity index (χ0) is 17.3. The van der Waals surface area contributed by atoms with Crippen LogP contribution in [0.1, 0.15) is 17.3 Å². The molecule has 0 amide bonds. The maximum absolute atomic E-state index is 12.5. The Bertz CT molecular complexity index is 979. The predicted octanol–water partition coefficient (Wildman–Crippen LogP) is 4.07. The number of esters is 1.